The Labute approximate surface area is 131 Å². The summed E-state index contributed by atoms with van der Waals surface area (Å²) in [6.07, 6.45) is 2.56. The lowest BCUT2D eigenvalue weighted by molar-refractivity contribution is -0.131. The van der Waals surface area contributed by atoms with Crippen molar-refractivity contribution in [1.29, 1.82) is 0 Å². The molecule has 2 bridgehead atoms. The largest absolute Gasteiger partial charge is 0.341 e. The lowest BCUT2D eigenvalue weighted by Crippen LogP contribution is -2.52. The molecule has 3 rings (SSSR count). The Balaban J connectivity index is 1.55. The zero-order valence-corrected chi connectivity index (χ0v) is 13.7. The quantitative estimate of drug-likeness (QED) is 0.799. The van der Waals surface area contributed by atoms with Crippen LogP contribution in [0.15, 0.2) is 35.2 Å². The van der Waals surface area contributed by atoms with E-state index in [-0.39, 0.29) is 0 Å². The smallest absolute Gasteiger partial charge is 0.232 e. The van der Waals surface area contributed by atoms with Crippen molar-refractivity contribution in [3.8, 4) is 0 Å². The number of likely N-dealkylation sites (tertiary alicyclic amines) is 1. The average molecular weight is 304 g/mol. The van der Waals surface area contributed by atoms with Crippen LogP contribution in [0.4, 0.5) is 0 Å². The molecule has 1 heterocycles. The van der Waals surface area contributed by atoms with Gasteiger partial charge in [0.15, 0.2) is 0 Å². The molecule has 0 spiro atoms. The van der Waals surface area contributed by atoms with Gasteiger partial charge >= 0.3 is 0 Å². The van der Waals surface area contributed by atoms with Crippen LogP contribution in [0.3, 0.4) is 0 Å². The Morgan fingerprint density at radius 2 is 1.81 bits per heavy atom. The Morgan fingerprint density at radius 1 is 1.19 bits per heavy atom. The molecular formula is C17H24N2OS. The van der Waals surface area contributed by atoms with Crippen molar-refractivity contribution in [3.63, 3.8) is 0 Å². The molecule has 1 saturated carbocycles. The number of thioether (sulfide) groups is 1. The summed E-state index contributed by atoms with van der Waals surface area (Å²) in [6, 6.07) is 10.9. The number of fused-ring (bicyclic) bond motifs is 2. The number of hydrogen-bond donors (Lipinski definition) is 0. The maximum Gasteiger partial charge on any atom is 0.232 e. The fourth-order valence-electron chi connectivity index (χ4n) is 3.99. The second-order valence-corrected chi connectivity index (χ2v) is 7.50. The molecule has 0 N–H and O–H groups in total. The van der Waals surface area contributed by atoms with Gasteiger partial charge in [-0.25, -0.2) is 0 Å². The number of benzene rings is 1. The predicted molar refractivity (Wildman–Crippen MR) is 87.4 cm³/mol. The van der Waals surface area contributed by atoms with Gasteiger partial charge in [0.05, 0.1) is 5.75 Å². The molecule has 1 aliphatic heterocycles. The van der Waals surface area contributed by atoms with E-state index in [2.05, 4.69) is 36.0 Å². The molecule has 21 heavy (non-hydrogen) atoms. The molecule has 1 aromatic carbocycles. The maximum absolute atomic E-state index is 12.5. The first-order chi connectivity index (χ1) is 10.1. The highest BCUT2D eigenvalue weighted by Gasteiger charge is 2.43. The molecule has 3 atom stereocenters. The third-order valence-corrected chi connectivity index (χ3v) is 5.84. The molecule has 1 saturated heterocycles. The van der Waals surface area contributed by atoms with Gasteiger partial charge in [0.2, 0.25) is 5.91 Å². The van der Waals surface area contributed by atoms with Gasteiger partial charge in [-0.2, -0.15) is 0 Å². The zero-order valence-electron chi connectivity index (χ0n) is 12.9. The number of hydrogen-bond acceptors (Lipinski definition) is 3. The van der Waals surface area contributed by atoms with Crippen molar-refractivity contribution >= 4 is 17.7 Å². The van der Waals surface area contributed by atoms with Crippen molar-refractivity contribution in [2.75, 3.05) is 32.9 Å². The molecule has 0 aromatic heterocycles. The van der Waals surface area contributed by atoms with Crippen LogP contribution in [0.2, 0.25) is 0 Å². The van der Waals surface area contributed by atoms with Crippen LogP contribution in [0, 0.1) is 11.8 Å². The molecule has 4 heteroatoms. The molecule has 1 amide bonds. The van der Waals surface area contributed by atoms with Crippen LogP contribution in [0.25, 0.3) is 0 Å². The fourth-order valence-corrected chi connectivity index (χ4v) is 4.82. The molecule has 1 aromatic rings. The summed E-state index contributed by atoms with van der Waals surface area (Å²) in [7, 11) is 4.36. The van der Waals surface area contributed by atoms with Crippen molar-refractivity contribution in [2.24, 2.45) is 11.8 Å². The van der Waals surface area contributed by atoms with Gasteiger partial charge < -0.3 is 9.80 Å². The van der Waals surface area contributed by atoms with E-state index in [4.69, 9.17) is 0 Å². The number of carbonyl (C=O) groups excluding carboxylic acids is 1. The Kier molecular flexibility index (Phi) is 4.55. The van der Waals surface area contributed by atoms with Gasteiger partial charge in [0.25, 0.3) is 0 Å². The second-order valence-electron chi connectivity index (χ2n) is 6.45. The minimum Gasteiger partial charge on any atom is -0.341 e. The summed E-state index contributed by atoms with van der Waals surface area (Å²) >= 11 is 1.65. The van der Waals surface area contributed by atoms with Crippen LogP contribution < -0.4 is 0 Å². The molecule has 1 unspecified atom stereocenters. The Morgan fingerprint density at radius 3 is 2.38 bits per heavy atom. The van der Waals surface area contributed by atoms with Crippen LogP contribution in [-0.2, 0) is 4.79 Å². The zero-order chi connectivity index (χ0) is 14.8. The average Bonchev–Trinajstić information content (AvgIpc) is 2.77. The summed E-state index contributed by atoms with van der Waals surface area (Å²) in [5.41, 5.74) is 0. The van der Waals surface area contributed by atoms with E-state index in [1.165, 1.54) is 17.7 Å². The van der Waals surface area contributed by atoms with E-state index < -0.39 is 0 Å². The van der Waals surface area contributed by atoms with Gasteiger partial charge in [-0.3, -0.25) is 4.79 Å². The Hall–Kier alpha value is -1.00. The van der Waals surface area contributed by atoms with Crippen LogP contribution in [0.1, 0.15) is 12.8 Å². The lowest BCUT2D eigenvalue weighted by Gasteiger charge is -2.41. The molecule has 3 nitrogen and oxygen atoms in total. The van der Waals surface area contributed by atoms with E-state index >= 15 is 0 Å². The van der Waals surface area contributed by atoms with E-state index in [0.29, 0.717) is 29.5 Å². The highest BCUT2D eigenvalue weighted by molar-refractivity contribution is 8.00. The minimum absolute atomic E-state index is 0.304. The monoisotopic (exact) mass is 304 g/mol. The van der Waals surface area contributed by atoms with Crippen molar-refractivity contribution in [2.45, 2.75) is 23.8 Å². The van der Waals surface area contributed by atoms with Crippen molar-refractivity contribution in [3.05, 3.63) is 30.3 Å². The van der Waals surface area contributed by atoms with Crippen molar-refractivity contribution < 1.29 is 4.79 Å². The first-order valence-electron chi connectivity index (χ1n) is 7.77. The van der Waals surface area contributed by atoms with Gasteiger partial charge in [0, 0.05) is 24.0 Å². The standard InChI is InChI=1S/C17H24N2OS/c1-18(2)17-13-8-9-14(17)11-19(10-13)16(20)12-21-15-6-4-3-5-7-15/h3-7,13-14,17H,8-12H2,1-2H3/t13-,14+,17?. The Bertz CT molecular complexity index is 477. The highest BCUT2D eigenvalue weighted by atomic mass is 32.2. The normalized spacial score (nSPS) is 28.1. The molecule has 2 aliphatic rings. The van der Waals surface area contributed by atoms with Crippen LogP contribution >= 0.6 is 11.8 Å². The van der Waals surface area contributed by atoms with Crippen LogP contribution in [-0.4, -0.2) is 54.7 Å². The van der Waals surface area contributed by atoms with Gasteiger partial charge in [0.1, 0.15) is 0 Å². The van der Waals surface area contributed by atoms with Gasteiger partial charge in [-0.1, -0.05) is 18.2 Å². The molecule has 0 radical (unpaired) electrons. The third kappa shape index (κ3) is 3.27. The van der Waals surface area contributed by atoms with E-state index in [1.54, 1.807) is 11.8 Å². The topological polar surface area (TPSA) is 23.6 Å². The van der Waals surface area contributed by atoms with E-state index in [1.807, 2.05) is 18.2 Å². The van der Waals surface area contributed by atoms with Gasteiger partial charge in [-0.15, -0.1) is 11.8 Å². The number of piperidine rings is 1. The first-order valence-corrected chi connectivity index (χ1v) is 8.76. The van der Waals surface area contributed by atoms with Crippen LogP contribution in [0.5, 0.6) is 0 Å². The number of nitrogens with zero attached hydrogens (tertiary/aromatic N) is 2. The third-order valence-electron chi connectivity index (χ3n) is 4.84. The first kappa shape index (κ1) is 14.9. The number of rotatable bonds is 4. The maximum atomic E-state index is 12.5. The number of amides is 1. The predicted octanol–water partition coefficient (Wildman–Crippen LogP) is 2.58. The molecule has 1 aliphatic carbocycles. The number of carbonyl (C=O) groups is 1. The van der Waals surface area contributed by atoms with E-state index in [0.717, 1.165) is 13.1 Å². The summed E-state index contributed by atoms with van der Waals surface area (Å²) < 4.78 is 0. The molecule has 2 fully saturated rings. The molecule has 114 valence electrons. The second kappa shape index (κ2) is 6.41. The van der Waals surface area contributed by atoms with Gasteiger partial charge in [-0.05, 0) is 50.9 Å². The summed E-state index contributed by atoms with van der Waals surface area (Å²) in [5.74, 6) is 2.21. The molecular weight excluding hydrogens is 280 g/mol. The lowest BCUT2D eigenvalue weighted by atomic mass is 9.91. The minimum atomic E-state index is 0.304. The fraction of sp³-hybridized carbons (Fsp3) is 0.588. The summed E-state index contributed by atoms with van der Waals surface area (Å²) in [4.78, 5) is 18.1. The summed E-state index contributed by atoms with van der Waals surface area (Å²) in [5, 5.41) is 0. The summed E-state index contributed by atoms with van der Waals surface area (Å²) in [6.45, 7) is 1.90. The van der Waals surface area contributed by atoms with Crippen molar-refractivity contribution in [1.82, 2.24) is 9.80 Å². The SMILES string of the molecule is CN(C)C1[C@@H]2CC[C@H]1CN(C(=O)CSc1ccccc1)C2. The highest BCUT2D eigenvalue weighted by Crippen LogP contribution is 2.39. The van der Waals surface area contributed by atoms with E-state index in [9.17, 15) is 4.79 Å².